The quantitative estimate of drug-likeness (QED) is 0.301. The van der Waals surface area contributed by atoms with E-state index in [4.69, 9.17) is 0 Å². The molecular formula is C36H39N7O. The monoisotopic (exact) mass is 585 g/mol. The summed E-state index contributed by atoms with van der Waals surface area (Å²) in [6.07, 6.45) is 7.51. The van der Waals surface area contributed by atoms with E-state index in [0.717, 1.165) is 80.1 Å². The van der Waals surface area contributed by atoms with Crippen LogP contribution in [0.4, 0.5) is 5.69 Å². The number of rotatable bonds is 6. The van der Waals surface area contributed by atoms with Gasteiger partial charge in [-0.3, -0.25) is 9.69 Å². The lowest BCUT2D eigenvalue weighted by atomic mass is 9.88. The second-order valence-corrected chi connectivity index (χ2v) is 12.5. The number of piperazine rings is 1. The van der Waals surface area contributed by atoms with E-state index in [1.165, 1.54) is 30.2 Å². The van der Waals surface area contributed by atoms with Crippen molar-refractivity contribution in [2.75, 3.05) is 64.3 Å². The molecule has 0 unspecified atom stereocenters. The predicted molar refractivity (Wildman–Crippen MR) is 175 cm³/mol. The summed E-state index contributed by atoms with van der Waals surface area (Å²) in [7, 11) is 2.20. The number of fused-ring (bicyclic) bond motifs is 1. The van der Waals surface area contributed by atoms with Gasteiger partial charge in [0.2, 0.25) is 5.91 Å². The van der Waals surface area contributed by atoms with Crippen molar-refractivity contribution in [1.29, 1.82) is 5.26 Å². The van der Waals surface area contributed by atoms with Gasteiger partial charge in [0.25, 0.3) is 0 Å². The maximum atomic E-state index is 11.8. The van der Waals surface area contributed by atoms with Gasteiger partial charge in [-0.25, -0.2) is 4.52 Å². The van der Waals surface area contributed by atoms with Crippen LogP contribution >= 0.6 is 0 Å². The third kappa shape index (κ3) is 5.38. The molecule has 3 aliphatic rings. The Morgan fingerprint density at radius 2 is 1.61 bits per heavy atom. The molecule has 0 saturated carbocycles. The average molecular weight is 586 g/mol. The van der Waals surface area contributed by atoms with E-state index in [1.54, 1.807) is 6.20 Å². The van der Waals surface area contributed by atoms with Crippen LogP contribution in [0.1, 0.15) is 29.9 Å². The van der Waals surface area contributed by atoms with E-state index < -0.39 is 0 Å². The highest BCUT2D eigenvalue weighted by Crippen LogP contribution is 2.35. The fourth-order valence-corrected chi connectivity index (χ4v) is 7.06. The zero-order valence-corrected chi connectivity index (χ0v) is 25.4. The number of carbonyl (C=O) groups is 1. The summed E-state index contributed by atoms with van der Waals surface area (Å²) < 4.78 is 1.85. The molecule has 1 amide bonds. The summed E-state index contributed by atoms with van der Waals surface area (Å²) in [5.74, 6) is 0.655. The largest absolute Gasteiger partial charge is 0.369 e. The van der Waals surface area contributed by atoms with Gasteiger partial charge in [0.1, 0.15) is 6.07 Å². The minimum Gasteiger partial charge on any atom is -0.369 e. The van der Waals surface area contributed by atoms with Crippen LogP contribution in [0.3, 0.4) is 0 Å². The number of amides is 1. The van der Waals surface area contributed by atoms with Gasteiger partial charge in [-0.1, -0.05) is 43.0 Å². The summed E-state index contributed by atoms with van der Waals surface area (Å²) in [4.78, 5) is 21.0. The van der Waals surface area contributed by atoms with Crippen molar-refractivity contribution in [2.45, 2.75) is 24.8 Å². The second kappa shape index (κ2) is 11.9. The molecule has 0 bridgehead atoms. The van der Waals surface area contributed by atoms with E-state index in [-0.39, 0.29) is 5.91 Å². The Kier molecular flexibility index (Phi) is 7.67. The summed E-state index contributed by atoms with van der Waals surface area (Å²) in [6.45, 7) is 11.4. The maximum absolute atomic E-state index is 11.8. The molecule has 7 rings (SSSR count). The van der Waals surface area contributed by atoms with Crippen molar-refractivity contribution < 1.29 is 4.79 Å². The molecule has 2 aromatic carbocycles. The van der Waals surface area contributed by atoms with Crippen LogP contribution in [0.2, 0.25) is 0 Å². The molecule has 224 valence electrons. The Hall–Kier alpha value is -4.45. The lowest BCUT2D eigenvalue weighted by molar-refractivity contribution is -0.133. The summed E-state index contributed by atoms with van der Waals surface area (Å²) in [6, 6.07) is 22.8. The highest BCUT2D eigenvalue weighted by Gasteiger charge is 2.35. The minimum absolute atomic E-state index is 0.0292. The molecule has 0 radical (unpaired) electrons. The van der Waals surface area contributed by atoms with Crippen molar-refractivity contribution in [1.82, 2.24) is 24.3 Å². The molecule has 3 fully saturated rings. The lowest BCUT2D eigenvalue weighted by Crippen LogP contribution is -2.64. The summed E-state index contributed by atoms with van der Waals surface area (Å²) >= 11 is 0. The molecule has 5 heterocycles. The fraction of sp³-hybridized carbons (Fsp3) is 0.361. The molecule has 44 heavy (non-hydrogen) atoms. The Balaban J connectivity index is 1.09. The van der Waals surface area contributed by atoms with Crippen molar-refractivity contribution in [3.05, 3.63) is 90.8 Å². The topological polar surface area (TPSA) is 71.1 Å². The van der Waals surface area contributed by atoms with Crippen molar-refractivity contribution >= 4 is 17.1 Å². The number of pyridine rings is 1. The number of aromatic nitrogens is 2. The molecule has 0 N–H and O–H groups in total. The molecule has 2 aromatic heterocycles. The minimum atomic E-state index is 0.0292. The average Bonchev–Trinajstić information content (AvgIpc) is 3.48. The molecule has 0 atom stereocenters. The lowest BCUT2D eigenvalue weighted by Gasteiger charge is -2.48. The highest BCUT2D eigenvalue weighted by molar-refractivity contribution is 5.88. The Bertz CT molecular complexity index is 1700. The van der Waals surface area contributed by atoms with Gasteiger partial charge in [-0.2, -0.15) is 10.4 Å². The summed E-state index contributed by atoms with van der Waals surface area (Å²) in [5, 5.41) is 14.4. The van der Waals surface area contributed by atoms with Crippen molar-refractivity contribution in [2.24, 2.45) is 0 Å². The molecular weight excluding hydrogens is 546 g/mol. The first-order chi connectivity index (χ1) is 21.5. The number of anilines is 1. The number of likely N-dealkylation sites (tertiary alicyclic amines) is 2. The Morgan fingerprint density at radius 1 is 0.932 bits per heavy atom. The van der Waals surface area contributed by atoms with Gasteiger partial charge in [-0.05, 0) is 79.9 Å². The zero-order chi connectivity index (χ0) is 30.2. The highest BCUT2D eigenvalue weighted by atomic mass is 16.2. The van der Waals surface area contributed by atoms with Crippen LogP contribution in [-0.4, -0.2) is 95.7 Å². The van der Waals surface area contributed by atoms with Gasteiger partial charge >= 0.3 is 0 Å². The first-order valence-electron chi connectivity index (χ1n) is 15.7. The first-order valence-corrected chi connectivity index (χ1v) is 15.7. The number of nitriles is 1. The second-order valence-electron chi connectivity index (χ2n) is 12.5. The summed E-state index contributed by atoms with van der Waals surface area (Å²) in [5.41, 5.74) is 8.35. The van der Waals surface area contributed by atoms with Gasteiger partial charge < -0.3 is 14.7 Å². The first kappa shape index (κ1) is 28.3. The van der Waals surface area contributed by atoms with Crippen LogP contribution in [-0.2, 0) is 4.79 Å². The van der Waals surface area contributed by atoms with Crippen molar-refractivity contribution in [3.63, 3.8) is 0 Å². The number of carbonyl (C=O) groups excluding carboxylic acids is 1. The van der Waals surface area contributed by atoms with E-state index in [1.807, 2.05) is 15.6 Å². The normalized spacial score (nSPS) is 18.7. The van der Waals surface area contributed by atoms with Gasteiger partial charge in [-0.15, -0.1) is 0 Å². The standard InChI is InChI=1S/C36H39N7O/c1-3-35(44)42-24-33(25-42)41-18-16-40(17-19-41)32-10-8-29(9-11-32)34-20-30(23-43-36(34)31(21-37)22-38-43)27-6-4-26(5-7-27)28-12-14-39(2)15-13-28/h3-11,20,22-23,28,33H,1,12-19,24-25H2,2H3. The Morgan fingerprint density at radius 3 is 2.27 bits per heavy atom. The smallest absolute Gasteiger partial charge is 0.246 e. The van der Waals surface area contributed by atoms with Crippen LogP contribution < -0.4 is 4.90 Å². The number of benzene rings is 2. The SMILES string of the molecule is C=CC(=O)N1CC(N2CCN(c3ccc(-c4cc(-c5ccc(C6CCN(C)CC6)cc5)cn5ncc(C#N)c45)cc3)CC2)C1. The predicted octanol–water partition coefficient (Wildman–Crippen LogP) is 4.87. The molecule has 4 aromatic rings. The van der Waals surface area contributed by atoms with Crippen LogP contribution in [0.15, 0.2) is 79.6 Å². The van der Waals surface area contributed by atoms with Crippen molar-refractivity contribution in [3.8, 4) is 28.3 Å². The molecule has 0 aliphatic carbocycles. The Labute approximate surface area is 259 Å². The van der Waals surface area contributed by atoms with Gasteiger partial charge in [0, 0.05) is 68.3 Å². The zero-order valence-electron chi connectivity index (χ0n) is 25.4. The van der Waals surface area contributed by atoms with Gasteiger partial charge in [0.05, 0.1) is 17.3 Å². The fourth-order valence-electron chi connectivity index (χ4n) is 7.06. The number of hydrogen-bond donors (Lipinski definition) is 0. The number of piperidine rings is 1. The van der Waals surface area contributed by atoms with Crippen LogP contribution in [0.5, 0.6) is 0 Å². The van der Waals surface area contributed by atoms with E-state index in [2.05, 4.69) is 94.1 Å². The molecule has 0 spiro atoms. The van der Waals surface area contributed by atoms with Crippen LogP contribution in [0, 0.1) is 11.3 Å². The molecule has 3 saturated heterocycles. The van der Waals surface area contributed by atoms with Crippen LogP contribution in [0.25, 0.3) is 27.8 Å². The molecule has 3 aliphatic heterocycles. The van der Waals surface area contributed by atoms with E-state index in [9.17, 15) is 10.1 Å². The van der Waals surface area contributed by atoms with E-state index in [0.29, 0.717) is 17.5 Å². The van der Waals surface area contributed by atoms with E-state index >= 15 is 0 Å². The molecule has 8 nitrogen and oxygen atoms in total. The third-order valence-corrected chi connectivity index (χ3v) is 9.89. The number of hydrogen-bond acceptors (Lipinski definition) is 6. The maximum Gasteiger partial charge on any atom is 0.246 e. The molecule has 8 heteroatoms. The van der Waals surface area contributed by atoms with Gasteiger partial charge in [0.15, 0.2) is 0 Å². The number of nitrogens with zero attached hydrogens (tertiary/aromatic N) is 7. The third-order valence-electron chi connectivity index (χ3n) is 9.89.